The van der Waals surface area contributed by atoms with Crippen molar-refractivity contribution < 1.29 is 4.92 Å². The molecule has 1 aromatic rings. The van der Waals surface area contributed by atoms with Gasteiger partial charge >= 0.3 is 5.82 Å². The van der Waals surface area contributed by atoms with Crippen LogP contribution < -0.4 is 0 Å². The van der Waals surface area contributed by atoms with E-state index in [0.29, 0.717) is 18.3 Å². The van der Waals surface area contributed by atoms with Crippen molar-refractivity contribution in [2.45, 2.75) is 82.6 Å². The SMILES string of the molecule is O=[N+]([O-])c1c(C2CCCCC2)nc(C2CCCCC2)n1CCCl. The number of aromatic nitrogens is 2. The summed E-state index contributed by atoms with van der Waals surface area (Å²) in [4.78, 5) is 16.4. The molecule has 0 unspecified atom stereocenters. The molecule has 0 amide bonds. The van der Waals surface area contributed by atoms with Crippen LogP contribution in [0.15, 0.2) is 0 Å². The van der Waals surface area contributed by atoms with Gasteiger partial charge in [-0.15, -0.1) is 11.6 Å². The number of nitrogens with zero attached hydrogens (tertiary/aromatic N) is 3. The Labute approximate surface area is 142 Å². The molecule has 2 fully saturated rings. The summed E-state index contributed by atoms with van der Waals surface area (Å²) in [6.45, 7) is 0.490. The van der Waals surface area contributed by atoms with E-state index in [9.17, 15) is 10.1 Å². The third-order valence-corrected chi connectivity index (χ3v) is 5.61. The number of nitro groups is 1. The lowest BCUT2D eigenvalue weighted by atomic mass is 9.87. The first-order valence-corrected chi connectivity index (χ1v) is 9.56. The molecule has 0 aromatic carbocycles. The van der Waals surface area contributed by atoms with Crippen LogP contribution in [-0.4, -0.2) is 20.4 Å². The van der Waals surface area contributed by atoms with Crippen molar-refractivity contribution in [2.75, 3.05) is 5.88 Å². The van der Waals surface area contributed by atoms with Gasteiger partial charge in [0.15, 0.2) is 5.82 Å². The molecule has 2 aliphatic rings. The van der Waals surface area contributed by atoms with E-state index in [-0.39, 0.29) is 16.7 Å². The molecule has 0 N–H and O–H groups in total. The van der Waals surface area contributed by atoms with Crippen molar-refractivity contribution in [1.82, 2.24) is 9.55 Å². The summed E-state index contributed by atoms with van der Waals surface area (Å²) >= 11 is 5.95. The smallest absolute Gasteiger partial charge is 0.346 e. The van der Waals surface area contributed by atoms with Crippen molar-refractivity contribution in [3.63, 3.8) is 0 Å². The first kappa shape index (κ1) is 16.7. The fraction of sp³-hybridized carbons (Fsp3) is 0.824. The molecule has 0 bridgehead atoms. The molecule has 0 spiro atoms. The first-order valence-electron chi connectivity index (χ1n) is 9.03. The summed E-state index contributed by atoms with van der Waals surface area (Å²) in [5.41, 5.74) is 0.736. The van der Waals surface area contributed by atoms with Crippen LogP contribution in [0, 0.1) is 10.1 Å². The van der Waals surface area contributed by atoms with E-state index in [1.807, 2.05) is 4.57 Å². The molecule has 128 valence electrons. The Balaban J connectivity index is 2.01. The summed E-state index contributed by atoms with van der Waals surface area (Å²) < 4.78 is 1.83. The van der Waals surface area contributed by atoms with Gasteiger partial charge in [-0.1, -0.05) is 38.5 Å². The average molecular weight is 340 g/mol. The van der Waals surface area contributed by atoms with Crippen molar-refractivity contribution in [3.05, 3.63) is 21.6 Å². The first-order chi connectivity index (χ1) is 11.2. The maximum absolute atomic E-state index is 11.8. The Morgan fingerprint density at radius 1 is 1.04 bits per heavy atom. The molecule has 0 aliphatic heterocycles. The minimum atomic E-state index is -0.226. The van der Waals surface area contributed by atoms with Gasteiger partial charge in [-0.3, -0.25) is 0 Å². The van der Waals surface area contributed by atoms with E-state index in [1.54, 1.807) is 0 Å². The average Bonchev–Trinajstić information content (AvgIpc) is 2.96. The van der Waals surface area contributed by atoms with Crippen LogP contribution in [-0.2, 0) is 6.54 Å². The number of hydrogen-bond donors (Lipinski definition) is 0. The maximum atomic E-state index is 11.8. The number of rotatable bonds is 5. The Hall–Kier alpha value is -1.10. The third kappa shape index (κ3) is 3.54. The lowest BCUT2D eigenvalue weighted by Gasteiger charge is -2.19. The largest absolute Gasteiger partial charge is 0.358 e. The molecule has 1 aromatic heterocycles. The number of hydrogen-bond acceptors (Lipinski definition) is 3. The molecule has 0 saturated heterocycles. The lowest BCUT2D eigenvalue weighted by molar-refractivity contribution is -0.393. The normalized spacial score (nSPS) is 20.7. The summed E-state index contributed by atoms with van der Waals surface area (Å²) in [5.74, 6) is 2.16. The summed E-state index contributed by atoms with van der Waals surface area (Å²) in [5, 5.41) is 11.8. The van der Waals surface area contributed by atoms with Gasteiger partial charge in [0, 0.05) is 11.8 Å². The van der Waals surface area contributed by atoms with Crippen molar-refractivity contribution in [1.29, 1.82) is 0 Å². The number of alkyl halides is 1. The van der Waals surface area contributed by atoms with Gasteiger partial charge in [0.1, 0.15) is 12.2 Å². The van der Waals surface area contributed by atoms with Crippen LogP contribution in [0.25, 0.3) is 0 Å². The topological polar surface area (TPSA) is 61.0 Å². The lowest BCUT2D eigenvalue weighted by Crippen LogP contribution is -2.14. The van der Waals surface area contributed by atoms with E-state index >= 15 is 0 Å². The minimum absolute atomic E-state index is 0.220. The highest BCUT2D eigenvalue weighted by molar-refractivity contribution is 6.17. The van der Waals surface area contributed by atoms with Crippen LogP contribution in [0.3, 0.4) is 0 Å². The number of halogens is 1. The Morgan fingerprint density at radius 3 is 2.13 bits per heavy atom. The van der Waals surface area contributed by atoms with E-state index < -0.39 is 0 Å². The van der Waals surface area contributed by atoms with Gasteiger partial charge in [-0.05, 0) is 30.6 Å². The van der Waals surface area contributed by atoms with Crippen LogP contribution >= 0.6 is 11.6 Å². The molecule has 1 heterocycles. The van der Waals surface area contributed by atoms with Crippen LogP contribution in [0.4, 0.5) is 5.82 Å². The Bertz CT molecular complexity index is 546. The van der Waals surface area contributed by atoms with Crippen molar-refractivity contribution in [3.8, 4) is 0 Å². The van der Waals surface area contributed by atoms with Gasteiger partial charge in [-0.2, -0.15) is 0 Å². The van der Waals surface area contributed by atoms with Gasteiger partial charge in [-0.25, -0.2) is 9.55 Å². The van der Waals surface area contributed by atoms with Crippen molar-refractivity contribution >= 4 is 17.4 Å². The van der Waals surface area contributed by atoms with Gasteiger partial charge in [0.25, 0.3) is 0 Å². The zero-order valence-corrected chi connectivity index (χ0v) is 14.4. The second-order valence-electron chi connectivity index (χ2n) is 6.95. The number of imidazole rings is 1. The van der Waals surface area contributed by atoms with Crippen LogP contribution in [0.2, 0.25) is 0 Å². The molecule has 3 rings (SSSR count). The van der Waals surface area contributed by atoms with E-state index in [2.05, 4.69) is 0 Å². The zero-order valence-electron chi connectivity index (χ0n) is 13.7. The highest BCUT2D eigenvalue weighted by Gasteiger charge is 2.35. The quantitative estimate of drug-likeness (QED) is 0.424. The standard InChI is InChI=1S/C17H26ClN3O2/c18-11-12-20-16(14-9-5-2-6-10-14)19-15(17(20)21(22)23)13-7-3-1-4-8-13/h13-14H,1-12H2. The molecule has 2 aliphatic carbocycles. The third-order valence-electron chi connectivity index (χ3n) is 5.44. The molecule has 0 atom stereocenters. The zero-order chi connectivity index (χ0) is 16.2. The van der Waals surface area contributed by atoms with E-state index in [1.165, 1.54) is 25.7 Å². The fourth-order valence-electron chi connectivity index (χ4n) is 4.30. The maximum Gasteiger partial charge on any atom is 0.346 e. The molecular weight excluding hydrogens is 314 g/mol. The highest BCUT2D eigenvalue weighted by Crippen LogP contribution is 2.41. The van der Waals surface area contributed by atoms with Crippen LogP contribution in [0.5, 0.6) is 0 Å². The van der Waals surface area contributed by atoms with E-state index in [0.717, 1.165) is 50.0 Å². The Kier molecular flexibility index (Phi) is 5.57. The molecule has 23 heavy (non-hydrogen) atoms. The predicted molar refractivity (Wildman–Crippen MR) is 91.3 cm³/mol. The summed E-state index contributed by atoms with van der Waals surface area (Å²) in [6, 6.07) is 0. The second-order valence-corrected chi connectivity index (χ2v) is 7.32. The Morgan fingerprint density at radius 2 is 1.61 bits per heavy atom. The molecule has 5 nitrogen and oxygen atoms in total. The monoisotopic (exact) mass is 339 g/mol. The fourth-order valence-corrected chi connectivity index (χ4v) is 4.47. The second kappa shape index (κ2) is 7.65. The molecule has 2 saturated carbocycles. The van der Waals surface area contributed by atoms with E-state index in [4.69, 9.17) is 16.6 Å². The molecule has 6 heteroatoms. The highest BCUT2D eigenvalue weighted by atomic mass is 35.5. The summed E-state index contributed by atoms with van der Waals surface area (Å²) in [7, 11) is 0. The summed E-state index contributed by atoms with van der Waals surface area (Å²) in [6.07, 6.45) is 11.5. The molecular formula is C17H26ClN3O2. The van der Waals surface area contributed by atoms with Gasteiger partial charge in [0.05, 0.1) is 5.88 Å². The van der Waals surface area contributed by atoms with Crippen molar-refractivity contribution in [2.24, 2.45) is 0 Å². The van der Waals surface area contributed by atoms with Gasteiger partial charge in [0.2, 0.25) is 0 Å². The minimum Gasteiger partial charge on any atom is -0.358 e. The molecule has 0 radical (unpaired) electrons. The van der Waals surface area contributed by atoms with Crippen LogP contribution in [0.1, 0.15) is 87.6 Å². The van der Waals surface area contributed by atoms with Gasteiger partial charge < -0.3 is 10.1 Å². The predicted octanol–water partition coefficient (Wildman–Crippen LogP) is 5.13.